The van der Waals surface area contributed by atoms with Crippen molar-refractivity contribution < 1.29 is 13.6 Å². The molecule has 1 amide bonds. The average Bonchev–Trinajstić information content (AvgIpc) is 2.52. The second-order valence-electron chi connectivity index (χ2n) is 5.48. The van der Waals surface area contributed by atoms with Crippen LogP contribution in [0.5, 0.6) is 0 Å². The van der Waals surface area contributed by atoms with Crippen LogP contribution in [0.1, 0.15) is 15.9 Å². The molecule has 0 atom stereocenters. The van der Waals surface area contributed by atoms with Gasteiger partial charge in [0.25, 0.3) is 5.91 Å². The van der Waals surface area contributed by atoms with Crippen LogP contribution in [0.15, 0.2) is 36.4 Å². The summed E-state index contributed by atoms with van der Waals surface area (Å²) >= 11 is 0. The molecule has 0 saturated carbocycles. The third kappa shape index (κ3) is 3.93. The van der Waals surface area contributed by atoms with Crippen LogP contribution in [0.4, 0.5) is 8.78 Å². The van der Waals surface area contributed by atoms with Gasteiger partial charge in [0, 0.05) is 31.3 Å². The van der Waals surface area contributed by atoms with Gasteiger partial charge in [0.2, 0.25) is 0 Å². The Hall–Kier alpha value is -2.27. The molecule has 0 saturated heterocycles. The number of hydrogen-bond donors (Lipinski definition) is 1. The zero-order chi connectivity index (χ0) is 17.0. The van der Waals surface area contributed by atoms with Gasteiger partial charge in [0.15, 0.2) is 0 Å². The van der Waals surface area contributed by atoms with Gasteiger partial charge in [0.05, 0.1) is 0 Å². The van der Waals surface area contributed by atoms with Crippen LogP contribution >= 0.6 is 0 Å². The lowest BCUT2D eigenvalue weighted by Crippen LogP contribution is -2.32. The minimum atomic E-state index is -0.493. The third-order valence-electron chi connectivity index (χ3n) is 3.74. The van der Waals surface area contributed by atoms with Gasteiger partial charge in [0.1, 0.15) is 11.6 Å². The summed E-state index contributed by atoms with van der Waals surface area (Å²) in [5.74, 6) is -1.08. The molecule has 0 radical (unpaired) electrons. The van der Waals surface area contributed by atoms with Crippen molar-refractivity contribution in [2.45, 2.75) is 6.92 Å². The van der Waals surface area contributed by atoms with E-state index in [1.165, 1.54) is 23.1 Å². The first kappa shape index (κ1) is 17.1. The van der Waals surface area contributed by atoms with E-state index in [0.29, 0.717) is 35.3 Å². The fourth-order valence-corrected chi connectivity index (χ4v) is 2.40. The zero-order valence-electron chi connectivity index (χ0n) is 13.5. The Labute approximate surface area is 134 Å². The van der Waals surface area contributed by atoms with Crippen LogP contribution in [-0.4, -0.2) is 38.0 Å². The van der Waals surface area contributed by atoms with E-state index < -0.39 is 5.82 Å². The lowest BCUT2D eigenvalue weighted by atomic mass is 9.98. The summed E-state index contributed by atoms with van der Waals surface area (Å²) < 4.78 is 27.6. The lowest BCUT2D eigenvalue weighted by molar-refractivity contribution is 0.0796. The van der Waals surface area contributed by atoms with Crippen molar-refractivity contribution in [3.05, 3.63) is 59.2 Å². The number of carbonyl (C=O) groups excluding carboxylic acids is 1. The number of rotatable bonds is 5. The van der Waals surface area contributed by atoms with Crippen molar-refractivity contribution in [3.8, 4) is 11.1 Å². The van der Waals surface area contributed by atoms with E-state index in [2.05, 4.69) is 5.32 Å². The maximum Gasteiger partial charge on any atom is 0.253 e. The number of likely N-dealkylation sites (N-methyl/N-ethyl adjacent to an activating group) is 2. The van der Waals surface area contributed by atoms with Gasteiger partial charge in [-0.1, -0.05) is 12.1 Å². The Balaban J connectivity index is 2.29. The summed E-state index contributed by atoms with van der Waals surface area (Å²) in [7, 11) is 3.48. The highest BCUT2D eigenvalue weighted by atomic mass is 19.1. The molecule has 0 aliphatic carbocycles. The predicted octanol–water partition coefficient (Wildman–Crippen LogP) is 3.23. The molecule has 0 fully saturated rings. The second-order valence-corrected chi connectivity index (χ2v) is 5.48. The SMILES string of the molecule is CNCCN(C)C(=O)c1ccc(-c2ccc(F)cc2C)c(F)c1. The van der Waals surface area contributed by atoms with Crippen LogP contribution in [0, 0.1) is 18.6 Å². The van der Waals surface area contributed by atoms with E-state index in [1.807, 2.05) is 0 Å². The molecule has 2 rings (SSSR count). The summed E-state index contributed by atoms with van der Waals surface area (Å²) in [5.41, 5.74) is 1.92. The Kier molecular flexibility index (Phi) is 5.45. The maximum absolute atomic E-state index is 14.4. The summed E-state index contributed by atoms with van der Waals surface area (Å²) in [6.45, 7) is 2.93. The van der Waals surface area contributed by atoms with Gasteiger partial charge in [-0.05, 0) is 49.4 Å². The molecule has 0 unspecified atom stereocenters. The van der Waals surface area contributed by atoms with E-state index in [4.69, 9.17) is 0 Å². The normalized spacial score (nSPS) is 10.7. The van der Waals surface area contributed by atoms with Crippen molar-refractivity contribution in [3.63, 3.8) is 0 Å². The van der Waals surface area contributed by atoms with Crippen LogP contribution in [0.2, 0.25) is 0 Å². The molecule has 0 heterocycles. The molecule has 1 N–H and O–H groups in total. The fraction of sp³-hybridized carbons (Fsp3) is 0.278. The first-order valence-electron chi connectivity index (χ1n) is 7.40. The van der Waals surface area contributed by atoms with E-state index in [9.17, 15) is 13.6 Å². The Morgan fingerprint density at radius 1 is 1.13 bits per heavy atom. The monoisotopic (exact) mass is 318 g/mol. The molecular formula is C18H20F2N2O. The quantitative estimate of drug-likeness (QED) is 0.918. The van der Waals surface area contributed by atoms with E-state index >= 15 is 0 Å². The highest BCUT2D eigenvalue weighted by Crippen LogP contribution is 2.27. The Morgan fingerprint density at radius 2 is 1.83 bits per heavy atom. The number of nitrogens with zero attached hydrogens (tertiary/aromatic N) is 1. The largest absolute Gasteiger partial charge is 0.340 e. The first-order valence-corrected chi connectivity index (χ1v) is 7.40. The molecule has 0 spiro atoms. The Bertz CT molecular complexity index is 716. The van der Waals surface area contributed by atoms with Crippen LogP contribution in [0.3, 0.4) is 0 Å². The van der Waals surface area contributed by atoms with Gasteiger partial charge >= 0.3 is 0 Å². The molecule has 23 heavy (non-hydrogen) atoms. The molecule has 0 aromatic heterocycles. The molecule has 2 aromatic carbocycles. The third-order valence-corrected chi connectivity index (χ3v) is 3.74. The van der Waals surface area contributed by atoms with Gasteiger partial charge in [-0.15, -0.1) is 0 Å². The zero-order valence-corrected chi connectivity index (χ0v) is 13.5. The number of halogens is 2. The van der Waals surface area contributed by atoms with E-state index in [-0.39, 0.29) is 11.7 Å². The smallest absolute Gasteiger partial charge is 0.253 e. The highest BCUT2D eigenvalue weighted by molar-refractivity contribution is 5.94. The molecule has 3 nitrogen and oxygen atoms in total. The van der Waals surface area contributed by atoms with Crippen molar-refractivity contribution in [1.82, 2.24) is 10.2 Å². The number of benzene rings is 2. The maximum atomic E-state index is 14.4. The fourth-order valence-electron chi connectivity index (χ4n) is 2.40. The Morgan fingerprint density at radius 3 is 2.43 bits per heavy atom. The first-order chi connectivity index (χ1) is 10.9. The van der Waals surface area contributed by atoms with Gasteiger partial charge in [-0.2, -0.15) is 0 Å². The summed E-state index contributed by atoms with van der Waals surface area (Å²) in [6, 6.07) is 8.60. The van der Waals surface area contributed by atoms with Crippen LogP contribution < -0.4 is 5.32 Å². The molecule has 0 aliphatic rings. The van der Waals surface area contributed by atoms with Crippen molar-refractivity contribution in [2.24, 2.45) is 0 Å². The van der Waals surface area contributed by atoms with Gasteiger partial charge < -0.3 is 10.2 Å². The van der Waals surface area contributed by atoms with Crippen molar-refractivity contribution >= 4 is 5.91 Å². The predicted molar refractivity (Wildman–Crippen MR) is 87.4 cm³/mol. The highest BCUT2D eigenvalue weighted by Gasteiger charge is 2.15. The molecule has 2 aromatic rings. The van der Waals surface area contributed by atoms with Crippen LogP contribution in [-0.2, 0) is 0 Å². The van der Waals surface area contributed by atoms with E-state index in [1.54, 1.807) is 39.2 Å². The van der Waals surface area contributed by atoms with Crippen molar-refractivity contribution in [2.75, 3.05) is 27.2 Å². The number of amides is 1. The number of nitrogens with one attached hydrogen (secondary N) is 1. The summed E-state index contributed by atoms with van der Waals surface area (Å²) in [6.07, 6.45) is 0. The van der Waals surface area contributed by atoms with E-state index in [0.717, 1.165) is 0 Å². The number of hydrogen-bond acceptors (Lipinski definition) is 2. The van der Waals surface area contributed by atoms with Gasteiger partial charge in [-0.25, -0.2) is 8.78 Å². The molecule has 0 bridgehead atoms. The van der Waals surface area contributed by atoms with Crippen LogP contribution in [0.25, 0.3) is 11.1 Å². The number of carbonyl (C=O) groups is 1. The van der Waals surface area contributed by atoms with Gasteiger partial charge in [-0.3, -0.25) is 4.79 Å². The molecule has 5 heteroatoms. The summed E-state index contributed by atoms with van der Waals surface area (Å²) in [4.78, 5) is 13.8. The second kappa shape index (κ2) is 7.33. The molecular weight excluding hydrogens is 298 g/mol. The lowest BCUT2D eigenvalue weighted by Gasteiger charge is -2.17. The average molecular weight is 318 g/mol. The number of aryl methyl sites for hydroxylation is 1. The minimum Gasteiger partial charge on any atom is -0.340 e. The molecule has 0 aliphatic heterocycles. The topological polar surface area (TPSA) is 32.3 Å². The van der Waals surface area contributed by atoms with Crippen molar-refractivity contribution in [1.29, 1.82) is 0 Å². The minimum absolute atomic E-state index is 0.235. The standard InChI is InChI=1S/C18H20F2N2O/c1-12-10-14(19)5-7-15(12)16-6-4-13(11-17(16)20)18(23)22(3)9-8-21-2/h4-7,10-11,21H,8-9H2,1-3H3. The molecule has 122 valence electrons. The summed E-state index contributed by atoms with van der Waals surface area (Å²) in [5, 5.41) is 2.96.